The fraction of sp³-hybridized carbons (Fsp3) is 0.333. The molecule has 2 N–H and O–H groups in total. The lowest BCUT2D eigenvalue weighted by atomic mass is 10.2. The van der Waals surface area contributed by atoms with E-state index in [2.05, 4.69) is 4.98 Å². The number of nitrogens with zero attached hydrogens (tertiary/aromatic N) is 2. The molecule has 206 valence electrons. The maximum Gasteiger partial charge on any atom is 0.463 e. The SMILES string of the molecule is COc1ccc(OP(OCC2OC(n3ccc(N)nc3=O)CC2F)Oc2ccc(OC)cc2)cc1.FCF. The van der Waals surface area contributed by atoms with Crippen molar-refractivity contribution in [3.63, 3.8) is 0 Å². The molecule has 0 spiro atoms. The van der Waals surface area contributed by atoms with Crippen LogP contribution in [0, 0.1) is 0 Å². The summed E-state index contributed by atoms with van der Waals surface area (Å²) in [5.74, 6) is 2.37. The second kappa shape index (κ2) is 14.4. The van der Waals surface area contributed by atoms with Crippen molar-refractivity contribution in [2.75, 3.05) is 33.5 Å². The molecule has 10 nitrogen and oxygen atoms in total. The van der Waals surface area contributed by atoms with Gasteiger partial charge in [-0.05, 0) is 54.6 Å². The second-order valence-electron chi connectivity index (χ2n) is 7.58. The van der Waals surface area contributed by atoms with E-state index in [1.165, 1.54) is 16.8 Å². The third kappa shape index (κ3) is 8.23. The highest BCUT2D eigenvalue weighted by atomic mass is 31.2. The number of hydrogen-bond acceptors (Lipinski definition) is 9. The molecule has 0 radical (unpaired) electrons. The Kier molecular flexibility index (Phi) is 11.0. The highest BCUT2D eigenvalue weighted by molar-refractivity contribution is 7.42. The van der Waals surface area contributed by atoms with Crippen molar-refractivity contribution in [2.24, 2.45) is 0 Å². The van der Waals surface area contributed by atoms with Crippen molar-refractivity contribution in [3.8, 4) is 23.0 Å². The highest BCUT2D eigenvalue weighted by Crippen LogP contribution is 2.43. The number of methoxy groups -OCH3 is 2. The summed E-state index contributed by atoms with van der Waals surface area (Å²) in [6.45, 7) is -1.91. The summed E-state index contributed by atoms with van der Waals surface area (Å²) in [5.41, 5.74) is 4.91. The summed E-state index contributed by atoms with van der Waals surface area (Å²) in [6.07, 6.45) is -1.74. The maximum absolute atomic E-state index is 14.7. The molecule has 0 saturated carbocycles. The summed E-state index contributed by atoms with van der Waals surface area (Å²) in [6, 6.07) is 15.2. The van der Waals surface area contributed by atoms with Gasteiger partial charge in [0.25, 0.3) is 0 Å². The molecule has 2 aromatic carbocycles. The van der Waals surface area contributed by atoms with Crippen molar-refractivity contribution in [3.05, 3.63) is 71.3 Å². The molecule has 3 atom stereocenters. The zero-order valence-electron chi connectivity index (χ0n) is 20.5. The number of aromatic nitrogens is 2. The Hall–Kier alpha value is -3.54. The summed E-state index contributed by atoms with van der Waals surface area (Å²) >= 11 is 0. The van der Waals surface area contributed by atoms with E-state index < -0.39 is 39.7 Å². The normalized spacial score (nSPS) is 18.4. The summed E-state index contributed by atoms with van der Waals surface area (Å²) in [4.78, 5) is 15.7. The Balaban J connectivity index is 0.00000127. The standard InChI is InChI=1S/C23H25FN3O7P.CH2F2/c1-29-15-3-7-17(8-4-15)33-35(34-18-9-5-16(30-2)6-10-18)31-14-20-19(24)13-22(32-20)27-12-11-21(25)26-23(27)28;2-1-3/h3-12,19-20,22H,13-14H2,1-2H3,(H2,25,26,28);1H2. The maximum atomic E-state index is 14.7. The predicted octanol–water partition coefficient (Wildman–Crippen LogP) is 4.75. The van der Waals surface area contributed by atoms with Gasteiger partial charge in [-0.25, -0.2) is 18.0 Å². The zero-order valence-corrected chi connectivity index (χ0v) is 21.4. The highest BCUT2D eigenvalue weighted by Gasteiger charge is 2.38. The Bertz CT molecular complexity index is 1140. The van der Waals surface area contributed by atoms with Crippen LogP contribution < -0.4 is 29.9 Å². The van der Waals surface area contributed by atoms with Gasteiger partial charge in [0, 0.05) is 12.6 Å². The minimum atomic E-state index is -1.98. The Morgan fingerprint density at radius 3 is 1.95 bits per heavy atom. The van der Waals surface area contributed by atoms with Crippen LogP contribution in [0.15, 0.2) is 65.6 Å². The number of halogens is 3. The van der Waals surface area contributed by atoms with E-state index in [0.29, 0.717) is 23.0 Å². The van der Waals surface area contributed by atoms with Crippen molar-refractivity contribution in [2.45, 2.75) is 24.9 Å². The van der Waals surface area contributed by atoms with Gasteiger partial charge in [-0.2, -0.15) is 4.98 Å². The Labute approximate surface area is 218 Å². The fourth-order valence-corrected chi connectivity index (χ4v) is 4.30. The van der Waals surface area contributed by atoms with E-state index in [-0.39, 0.29) is 18.8 Å². The van der Waals surface area contributed by atoms with Crippen LogP contribution in [-0.2, 0) is 9.26 Å². The summed E-state index contributed by atoms with van der Waals surface area (Å²) in [5, 5.41) is 0. The van der Waals surface area contributed by atoms with Crippen molar-refractivity contribution in [1.82, 2.24) is 9.55 Å². The van der Waals surface area contributed by atoms with Crippen LogP contribution in [0.4, 0.5) is 19.0 Å². The van der Waals surface area contributed by atoms with E-state index in [4.69, 9.17) is 33.5 Å². The van der Waals surface area contributed by atoms with Gasteiger partial charge < -0.3 is 29.0 Å². The third-order valence-corrected chi connectivity index (χ3v) is 6.23. The molecule has 38 heavy (non-hydrogen) atoms. The molecule has 4 rings (SSSR count). The molecule has 2 heterocycles. The Morgan fingerprint density at radius 2 is 1.47 bits per heavy atom. The van der Waals surface area contributed by atoms with Crippen LogP contribution in [0.3, 0.4) is 0 Å². The number of ether oxygens (including phenoxy) is 3. The molecular formula is C24H27F3N3O7P. The second-order valence-corrected chi connectivity index (χ2v) is 8.65. The molecule has 3 aromatic rings. The first-order valence-electron chi connectivity index (χ1n) is 11.2. The Morgan fingerprint density at radius 1 is 0.974 bits per heavy atom. The van der Waals surface area contributed by atoms with Gasteiger partial charge in [-0.3, -0.25) is 9.09 Å². The minimum Gasteiger partial charge on any atom is -0.497 e. The van der Waals surface area contributed by atoms with Crippen LogP contribution in [0.1, 0.15) is 12.6 Å². The number of nitrogen functional groups attached to an aromatic ring is 1. The topological polar surface area (TPSA) is 116 Å². The average molecular weight is 557 g/mol. The molecule has 1 aliphatic rings. The van der Waals surface area contributed by atoms with Crippen molar-refractivity contribution >= 4 is 14.4 Å². The molecule has 1 saturated heterocycles. The number of benzene rings is 2. The number of rotatable bonds is 10. The van der Waals surface area contributed by atoms with Gasteiger partial charge in [0.2, 0.25) is 6.93 Å². The van der Waals surface area contributed by atoms with Gasteiger partial charge in [0.15, 0.2) is 0 Å². The molecular weight excluding hydrogens is 530 g/mol. The van der Waals surface area contributed by atoms with Gasteiger partial charge in [0.1, 0.15) is 47.3 Å². The van der Waals surface area contributed by atoms with Crippen molar-refractivity contribution < 1.29 is 41.0 Å². The molecule has 3 unspecified atom stereocenters. The van der Waals surface area contributed by atoms with E-state index >= 15 is 0 Å². The van der Waals surface area contributed by atoms with Crippen LogP contribution in [-0.4, -0.2) is 49.6 Å². The average Bonchev–Trinajstić information content (AvgIpc) is 3.28. The quantitative estimate of drug-likeness (QED) is 0.353. The first-order chi connectivity index (χ1) is 18.4. The van der Waals surface area contributed by atoms with Gasteiger partial charge >= 0.3 is 14.3 Å². The zero-order chi connectivity index (χ0) is 27.5. The van der Waals surface area contributed by atoms with E-state index in [9.17, 15) is 18.0 Å². The monoisotopic (exact) mass is 557 g/mol. The first-order valence-corrected chi connectivity index (χ1v) is 12.3. The van der Waals surface area contributed by atoms with Crippen LogP contribution in [0.25, 0.3) is 0 Å². The fourth-order valence-electron chi connectivity index (χ4n) is 3.31. The molecule has 0 bridgehead atoms. The first kappa shape index (κ1) is 29.0. The minimum absolute atomic E-state index is 0.0316. The number of hydrogen-bond donors (Lipinski definition) is 1. The summed E-state index contributed by atoms with van der Waals surface area (Å²) in [7, 11) is 1.15. The third-order valence-electron chi connectivity index (χ3n) is 5.15. The predicted molar refractivity (Wildman–Crippen MR) is 134 cm³/mol. The van der Waals surface area contributed by atoms with Crippen LogP contribution in [0.2, 0.25) is 0 Å². The number of alkyl halides is 3. The lowest BCUT2D eigenvalue weighted by Crippen LogP contribution is -2.28. The largest absolute Gasteiger partial charge is 0.497 e. The van der Waals surface area contributed by atoms with Gasteiger partial charge in [0.05, 0.1) is 20.8 Å². The molecule has 1 fully saturated rings. The molecule has 0 amide bonds. The van der Waals surface area contributed by atoms with Gasteiger partial charge in [-0.1, -0.05) is 0 Å². The van der Waals surface area contributed by atoms with Gasteiger partial charge in [-0.15, -0.1) is 0 Å². The molecule has 1 aliphatic heterocycles. The van der Waals surface area contributed by atoms with Crippen LogP contribution >= 0.6 is 8.60 Å². The van der Waals surface area contributed by atoms with E-state index in [0.717, 1.165) is 0 Å². The van der Waals surface area contributed by atoms with Crippen LogP contribution in [0.5, 0.6) is 23.0 Å². The lowest BCUT2D eigenvalue weighted by molar-refractivity contribution is -0.0317. The molecule has 14 heteroatoms. The molecule has 1 aromatic heterocycles. The number of nitrogens with two attached hydrogens (primary N) is 1. The molecule has 0 aliphatic carbocycles. The lowest BCUT2D eigenvalue weighted by Gasteiger charge is -2.20. The van der Waals surface area contributed by atoms with E-state index in [1.807, 2.05) is 0 Å². The van der Waals surface area contributed by atoms with E-state index in [1.54, 1.807) is 62.8 Å². The summed E-state index contributed by atoms with van der Waals surface area (Å²) < 4.78 is 68.9. The smallest absolute Gasteiger partial charge is 0.463 e. The van der Waals surface area contributed by atoms with Crippen molar-refractivity contribution in [1.29, 1.82) is 0 Å². The number of anilines is 1.